The summed E-state index contributed by atoms with van der Waals surface area (Å²) in [6.45, 7) is 0. The first-order chi connectivity index (χ1) is 9.66. The molecule has 2 N–H and O–H groups in total. The summed E-state index contributed by atoms with van der Waals surface area (Å²) in [5, 5.41) is 0.710. The third kappa shape index (κ3) is 3.15. The van der Waals surface area contributed by atoms with Crippen LogP contribution in [0.15, 0.2) is 53.9 Å². The molecule has 2 aromatic rings. The van der Waals surface area contributed by atoms with Crippen molar-refractivity contribution in [3.8, 4) is 0 Å². The lowest BCUT2D eigenvalue weighted by Crippen LogP contribution is -2.48. The largest absolute Gasteiger partial charge is 0.467 e. The monoisotopic (exact) mass is 289 g/mol. The second kappa shape index (κ2) is 6.49. The molecule has 0 aliphatic carbocycles. The van der Waals surface area contributed by atoms with Crippen molar-refractivity contribution >= 4 is 17.7 Å². The maximum atomic E-state index is 12.1. The molecular weight excluding hydrogens is 274 g/mol. The van der Waals surface area contributed by atoms with Gasteiger partial charge >= 0.3 is 5.97 Å². The Morgan fingerprint density at radius 1 is 1.35 bits per heavy atom. The van der Waals surface area contributed by atoms with Gasteiger partial charge in [0.1, 0.15) is 10.6 Å². The molecule has 0 aliphatic heterocycles. The molecule has 5 nitrogen and oxygen atoms in total. The van der Waals surface area contributed by atoms with Crippen LogP contribution in [0.1, 0.15) is 5.56 Å². The van der Waals surface area contributed by atoms with Crippen molar-refractivity contribution < 1.29 is 9.53 Å². The summed E-state index contributed by atoms with van der Waals surface area (Å²) in [5.41, 5.74) is 5.78. The van der Waals surface area contributed by atoms with Gasteiger partial charge in [0.05, 0.1) is 13.3 Å². The van der Waals surface area contributed by atoms with Crippen LogP contribution < -0.4 is 5.73 Å². The number of aromatic nitrogens is 2. The molecule has 104 valence electrons. The van der Waals surface area contributed by atoms with Gasteiger partial charge in [-0.25, -0.2) is 9.78 Å². The Morgan fingerprint density at radius 2 is 2.10 bits per heavy atom. The van der Waals surface area contributed by atoms with E-state index in [1.807, 2.05) is 30.3 Å². The summed E-state index contributed by atoms with van der Waals surface area (Å²) in [4.78, 5) is 20.2. The third-order valence-corrected chi connectivity index (χ3v) is 3.93. The quantitative estimate of drug-likeness (QED) is 0.665. The Bertz CT molecular complexity index is 565. The number of ether oxygens (including phenoxy) is 1. The van der Waals surface area contributed by atoms with Crippen molar-refractivity contribution in [2.75, 3.05) is 12.9 Å². The van der Waals surface area contributed by atoms with Crippen LogP contribution in [-0.2, 0) is 15.1 Å². The number of carbonyl (C=O) groups excluding carboxylic acids is 1. The molecule has 0 saturated heterocycles. The molecule has 0 aliphatic rings. The van der Waals surface area contributed by atoms with Crippen LogP contribution in [-0.4, -0.2) is 28.8 Å². The minimum absolute atomic E-state index is 0.322. The normalized spacial score (nSPS) is 13.5. The summed E-state index contributed by atoms with van der Waals surface area (Å²) < 4.78 is 4.84. The Labute approximate surface area is 121 Å². The molecule has 6 heteroatoms. The average molecular weight is 289 g/mol. The van der Waals surface area contributed by atoms with Crippen LogP contribution in [0.5, 0.6) is 0 Å². The molecule has 0 spiro atoms. The van der Waals surface area contributed by atoms with Gasteiger partial charge in [-0.05, 0) is 5.56 Å². The number of nitrogens with zero attached hydrogens (tertiary/aromatic N) is 2. The first kappa shape index (κ1) is 14.5. The van der Waals surface area contributed by atoms with E-state index in [2.05, 4.69) is 9.97 Å². The summed E-state index contributed by atoms with van der Waals surface area (Å²) in [6.07, 6.45) is 4.83. The average Bonchev–Trinajstić information content (AvgIpc) is 2.53. The Morgan fingerprint density at radius 3 is 2.70 bits per heavy atom. The van der Waals surface area contributed by atoms with Crippen molar-refractivity contribution in [2.24, 2.45) is 5.73 Å². The van der Waals surface area contributed by atoms with Gasteiger partial charge < -0.3 is 10.5 Å². The number of hydrogen-bond donors (Lipinski definition) is 1. The topological polar surface area (TPSA) is 78.1 Å². The molecule has 0 amide bonds. The third-order valence-electron chi connectivity index (χ3n) is 2.83. The highest BCUT2D eigenvalue weighted by Crippen LogP contribution is 2.27. The lowest BCUT2D eigenvalue weighted by atomic mass is 9.93. The lowest BCUT2D eigenvalue weighted by Gasteiger charge is -2.26. The molecule has 0 bridgehead atoms. The van der Waals surface area contributed by atoms with E-state index in [0.717, 1.165) is 0 Å². The van der Waals surface area contributed by atoms with Crippen molar-refractivity contribution in [1.29, 1.82) is 0 Å². The number of methoxy groups -OCH3 is 1. The van der Waals surface area contributed by atoms with E-state index in [0.29, 0.717) is 16.3 Å². The predicted molar refractivity (Wildman–Crippen MR) is 77.1 cm³/mol. The van der Waals surface area contributed by atoms with E-state index >= 15 is 0 Å². The van der Waals surface area contributed by atoms with E-state index in [9.17, 15) is 4.79 Å². The zero-order chi connectivity index (χ0) is 14.4. The zero-order valence-corrected chi connectivity index (χ0v) is 11.8. The van der Waals surface area contributed by atoms with E-state index in [1.54, 1.807) is 18.6 Å². The minimum Gasteiger partial charge on any atom is -0.467 e. The minimum atomic E-state index is -1.21. The van der Waals surface area contributed by atoms with Crippen LogP contribution in [0.25, 0.3) is 0 Å². The highest BCUT2D eigenvalue weighted by atomic mass is 32.2. The predicted octanol–water partition coefficient (Wildman–Crippen LogP) is 1.60. The fraction of sp³-hybridized carbons (Fsp3) is 0.214. The number of hydrogen-bond acceptors (Lipinski definition) is 6. The fourth-order valence-electron chi connectivity index (χ4n) is 1.73. The number of benzene rings is 1. The zero-order valence-electron chi connectivity index (χ0n) is 11.0. The Balaban J connectivity index is 2.22. The summed E-state index contributed by atoms with van der Waals surface area (Å²) in [6, 6.07) is 9.18. The summed E-state index contributed by atoms with van der Waals surface area (Å²) in [7, 11) is 1.33. The summed E-state index contributed by atoms with van der Waals surface area (Å²) in [5.74, 6) is -0.150. The van der Waals surface area contributed by atoms with E-state index in [-0.39, 0.29) is 0 Å². The fourth-order valence-corrected chi connectivity index (χ4v) is 2.66. The van der Waals surface area contributed by atoms with Crippen molar-refractivity contribution in [2.45, 2.75) is 10.6 Å². The van der Waals surface area contributed by atoms with E-state index < -0.39 is 11.5 Å². The Hall–Kier alpha value is -1.92. The Kier molecular flexibility index (Phi) is 4.70. The molecule has 0 radical (unpaired) electrons. The van der Waals surface area contributed by atoms with Gasteiger partial charge in [-0.3, -0.25) is 4.98 Å². The number of nitrogens with two attached hydrogens (primary N) is 1. The van der Waals surface area contributed by atoms with Gasteiger partial charge in [-0.15, -0.1) is 11.8 Å². The van der Waals surface area contributed by atoms with Gasteiger partial charge in [0.25, 0.3) is 0 Å². The maximum Gasteiger partial charge on any atom is 0.331 e. The SMILES string of the molecule is COC(=O)C(N)(CSc1cnccn1)c1ccccc1. The van der Waals surface area contributed by atoms with Gasteiger partial charge in [0, 0.05) is 18.1 Å². The molecule has 1 unspecified atom stereocenters. The molecule has 1 heterocycles. The number of rotatable bonds is 5. The highest BCUT2D eigenvalue weighted by molar-refractivity contribution is 7.99. The number of thioether (sulfide) groups is 1. The van der Waals surface area contributed by atoms with Crippen LogP contribution >= 0.6 is 11.8 Å². The van der Waals surface area contributed by atoms with Crippen LogP contribution in [0.2, 0.25) is 0 Å². The molecule has 2 rings (SSSR count). The molecule has 1 aromatic carbocycles. The lowest BCUT2D eigenvalue weighted by molar-refractivity contribution is -0.146. The number of carbonyl (C=O) groups is 1. The molecule has 0 fully saturated rings. The number of esters is 1. The molecule has 0 saturated carbocycles. The maximum absolute atomic E-state index is 12.1. The first-order valence-corrected chi connectivity index (χ1v) is 6.97. The van der Waals surface area contributed by atoms with Gasteiger partial charge in [-0.1, -0.05) is 30.3 Å². The second-order valence-electron chi connectivity index (χ2n) is 4.16. The standard InChI is InChI=1S/C14H15N3O2S/c1-19-13(18)14(15,11-5-3-2-4-6-11)10-20-12-9-16-7-8-17-12/h2-9H,10,15H2,1H3. The molecule has 1 aromatic heterocycles. The van der Waals surface area contributed by atoms with Crippen molar-refractivity contribution in [3.63, 3.8) is 0 Å². The van der Waals surface area contributed by atoms with Gasteiger partial charge in [-0.2, -0.15) is 0 Å². The second-order valence-corrected chi connectivity index (χ2v) is 5.16. The molecular formula is C14H15N3O2S. The smallest absolute Gasteiger partial charge is 0.331 e. The van der Waals surface area contributed by atoms with Crippen LogP contribution in [0.3, 0.4) is 0 Å². The van der Waals surface area contributed by atoms with Crippen molar-refractivity contribution in [1.82, 2.24) is 9.97 Å². The first-order valence-electron chi connectivity index (χ1n) is 5.98. The molecule has 1 atom stereocenters. The summed E-state index contributed by atoms with van der Waals surface area (Å²) >= 11 is 1.37. The van der Waals surface area contributed by atoms with E-state index in [1.165, 1.54) is 18.9 Å². The molecule has 20 heavy (non-hydrogen) atoms. The van der Waals surface area contributed by atoms with Gasteiger partial charge in [0.15, 0.2) is 0 Å². The van der Waals surface area contributed by atoms with Crippen LogP contribution in [0, 0.1) is 0 Å². The highest BCUT2D eigenvalue weighted by Gasteiger charge is 2.37. The van der Waals surface area contributed by atoms with Crippen LogP contribution in [0.4, 0.5) is 0 Å². The van der Waals surface area contributed by atoms with E-state index in [4.69, 9.17) is 10.5 Å². The van der Waals surface area contributed by atoms with Gasteiger partial charge in [0.2, 0.25) is 0 Å². The van der Waals surface area contributed by atoms with Crippen molar-refractivity contribution in [3.05, 3.63) is 54.5 Å².